The second-order valence-corrected chi connectivity index (χ2v) is 9.71. The average Bonchev–Trinajstić information content (AvgIpc) is 3.25. The van der Waals surface area contributed by atoms with Crippen LogP contribution in [0.1, 0.15) is 18.2 Å². The predicted molar refractivity (Wildman–Crippen MR) is 114 cm³/mol. The molecule has 0 saturated carbocycles. The molecule has 0 aliphatic carbocycles. The molecule has 0 bridgehead atoms. The maximum absolute atomic E-state index is 12.1. The third-order valence-electron chi connectivity index (χ3n) is 4.77. The van der Waals surface area contributed by atoms with E-state index in [1.54, 1.807) is 17.5 Å². The van der Waals surface area contributed by atoms with Crippen LogP contribution >= 0.6 is 11.3 Å². The molecule has 0 saturated heterocycles. The lowest BCUT2D eigenvalue weighted by molar-refractivity contribution is 0.590. The fourth-order valence-electron chi connectivity index (χ4n) is 3.60. The lowest BCUT2D eigenvalue weighted by Gasteiger charge is -2.21. The number of thiazole rings is 1. The SMILES string of the molecule is C[C@H]1Cc2cc(-c3csc(NCCc4ccccn4)n3)ccc2N1S(C)(=O)=O. The van der Waals surface area contributed by atoms with E-state index < -0.39 is 10.0 Å². The zero-order chi connectivity index (χ0) is 19.7. The Morgan fingerprint density at radius 3 is 2.89 bits per heavy atom. The third kappa shape index (κ3) is 3.88. The van der Waals surface area contributed by atoms with Crippen LogP contribution < -0.4 is 9.62 Å². The van der Waals surface area contributed by atoms with Crippen molar-refractivity contribution in [2.75, 3.05) is 22.4 Å². The number of pyridine rings is 1. The standard InChI is InChI=1S/C20H22N4O2S2/c1-14-11-16-12-15(6-7-19(16)24(14)28(2,25)26)18-13-27-20(23-18)22-10-8-17-5-3-4-9-21-17/h3-7,9,12-14H,8,10-11H2,1-2H3,(H,22,23)/t14-/m0/s1. The van der Waals surface area contributed by atoms with Gasteiger partial charge in [0.25, 0.3) is 0 Å². The topological polar surface area (TPSA) is 75.2 Å². The first-order chi connectivity index (χ1) is 13.4. The van der Waals surface area contributed by atoms with Crippen molar-refractivity contribution < 1.29 is 8.42 Å². The van der Waals surface area contributed by atoms with Crippen LogP contribution in [0.25, 0.3) is 11.3 Å². The quantitative estimate of drug-likeness (QED) is 0.667. The normalized spacial score (nSPS) is 16.2. The van der Waals surface area contributed by atoms with Gasteiger partial charge < -0.3 is 5.32 Å². The first kappa shape index (κ1) is 18.9. The van der Waals surface area contributed by atoms with Gasteiger partial charge in [-0.15, -0.1) is 11.3 Å². The summed E-state index contributed by atoms with van der Waals surface area (Å²) in [5.74, 6) is 0. The van der Waals surface area contributed by atoms with Gasteiger partial charge in [-0.05, 0) is 43.2 Å². The summed E-state index contributed by atoms with van der Waals surface area (Å²) in [4.78, 5) is 9.00. The van der Waals surface area contributed by atoms with Gasteiger partial charge in [0.05, 0.1) is 17.6 Å². The Morgan fingerprint density at radius 1 is 1.29 bits per heavy atom. The number of fused-ring (bicyclic) bond motifs is 1. The summed E-state index contributed by atoms with van der Waals surface area (Å²) < 4.78 is 25.7. The third-order valence-corrected chi connectivity index (χ3v) is 6.84. The van der Waals surface area contributed by atoms with Crippen LogP contribution in [-0.4, -0.2) is 37.2 Å². The van der Waals surface area contributed by atoms with Gasteiger partial charge in [0, 0.05) is 41.8 Å². The highest BCUT2D eigenvalue weighted by molar-refractivity contribution is 7.92. The molecule has 3 heterocycles. The highest BCUT2D eigenvalue weighted by Gasteiger charge is 2.32. The van der Waals surface area contributed by atoms with Gasteiger partial charge in [-0.25, -0.2) is 13.4 Å². The first-order valence-corrected chi connectivity index (χ1v) is 11.9. The smallest absolute Gasteiger partial charge is 0.232 e. The molecule has 0 fully saturated rings. The lowest BCUT2D eigenvalue weighted by atomic mass is 10.1. The highest BCUT2D eigenvalue weighted by atomic mass is 32.2. The lowest BCUT2D eigenvalue weighted by Crippen LogP contribution is -2.34. The van der Waals surface area contributed by atoms with Gasteiger partial charge in [-0.2, -0.15) is 0 Å². The Labute approximate surface area is 169 Å². The second-order valence-electron chi connectivity index (χ2n) is 6.99. The number of sulfonamides is 1. The van der Waals surface area contributed by atoms with E-state index >= 15 is 0 Å². The van der Waals surface area contributed by atoms with Gasteiger partial charge in [-0.3, -0.25) is 9.29 Å². The molecule has 2 aromatic heterocycles. The molecule has 1 aliphatic rings. The maximum atomic E-state index is 12.1. The number of nitrogens with one attached hydrogen (secondary N) is 1. The largest absolute Gasteiger partial charge is 0.361 e. The number of hydrogen-bond acceptors (Lipinski definition) is 6. The summed E-state index contributed by atoms with van der Waals surface area (Å²) in [6.07, 6.45) is 4.62. The monoisotopic (exact) mass is 414 g/mol. The van der Waals surface area contributed by atoms with E-state index in [1.807, 2.05) is 42.6 Å². The van der Waals surface area contributed by atoms with Gasteiger partial charge in [0.1, 0.15) is 0 Å². The molecule has 1 aromatic carbocycles. The van der Waals surface area contributed by atoms with E-state index in [1.165, 1.54) is 10.6 Å². The van der Waals surface area contributed by atoms with E-state index in [2.05, 4.69) is 21.4 Å². The average molecular weight is 415 g/mol. The Balaban J connectivity index is 1.47. The number of nitrogens with zero attached hydrogens (tertiary/aromatic N) is 3. The molecule has 0 unspecified atom stereocenters. The molecule has 28 heavy (non-hydrogen) atoms. The van der Waals surface area contributed by atoms with E-state index in [9.17, 15) is 8.42 Å². The van der Waals surface area contributed by atoms with Gasteiger partial charge in [0.15, 0.2) is 5.13 Å². The van der Waals surface area contributed by atoms with Crippen LogP contribution in [0.3, 0.4) is 0 Å². The molecular formula is C20H22N4O2S2. The summed E-state index contributed by atoms with van der Waals surface area (Å²) in [7, 11) is -3.27. The van der Waals surface area contributed by atoms with Crippen LogP contribution in [0.5, 0.6) is 0 Å². The Kier molecular flexibility index (Phi) is 5.07. The minimum absolute atomic E-state index is 0.0560. The van der Waals surface area contributed by atoms with Crippen LogP contribution in [0, 0.1) is 0 Å². The fraction of sp³-hybridized carbons (Fsp3) is 0.300. The van der Waals surface area contributed by atoms with E-state index in [4.69, 9.17) is 0 Å². The maximum Gasteiger partial charge on any atom is 0.232 e. The Hall–Kier alpha value is -2.45. The highest BCUT2D eigenvalue weighted by Crippen LogP contribution is 2.37. The van der Waals surface area contributed by atoms with Crippen molar-refractivity contribution in [2.45, 2.75) is 25.8 Å². The second kappa shape index (κ2) is 7.52. The fourth-order valence-corrected chi connectivity index (χ4v) is 5.61. The van der Waals surface area contributed by atoms with E-state index in [-0.39, 0.29) is 6.04 Å². The minimum atomic E-state index is -3.27. The van der Waals surface area contributed by atoms with Crippen molar-refractivity contribution in [3.63, 3.8) is 0 Å². The van der Waals surface area contributed by atoms with Crippen LogP contribution in [0.15, 0.2) is 48.0 Å². The van der Waals surface area contributed by atoms with Gasteiger partial charge in [-0.1, -0.05) is 12.1 Å². The summed E-state index contributed by atoms with van der Waals surface area (Å²) in [5, 5.41) is 6.25. The first-order valence-electron chi connectivity index (χ1n) is 9.14. The molecule has 3 aromatic rings. The number of rotatable bonds is 6. The predicted octanol–water partition coefficient (Wildman–Crippen LogP) is 3.57. The van der Waals surface area contributed by atoms with Gasteiger partial charge in [0.2, 0.25) is 10.0 Å². The molecule has 1 aliphatic heterocycles. The number of hydrogen-bond donors (Lipinski definition) is 1. The molecule has 1 atom stereocenters. The molecule has 6 nitrogen and oxygen atoms in total. The van der Waals surface area contributed by atoms with Crippen LogP contribution in [0.4, 0.5) is 10.8 Å². The number of aromatic nitrogens is 2. The molecule has 4 rings (SSSR count). The summed E-state index contributed by atoms with van der Waals surface area (Å²) in [6, 6.07) is 11.8. The molecule has 1 N–H and O–H groups in total. The molecular weight excluding hydrogens is 392 g/mol. The van der Waals surface area contributed by atoms with Gasteiger partial charge >= 0.3 is 0 Å². The molecule has 146 valence electrons. The minimum Gasteiger partial charge on any atom is -0.361 e. The molecule has 8 heteroatoms. The van der Waals surface area contributed by atoms with E-state index in [0.29, 0.717) is 0 Å². The van der Waals surface area contributed by atoms with E-state index in [0.717, 1.165) is 52.7 Å². The number of benzene rings is 1. The Morgan fingerprint density at radius 2 is 2.14 bits per heavy atom. The van der Waals surface area contributed by atoms with Crippen molar-refractivity contribution in [1.82, 2.24) is 9.97 Å². The zero-order valence-corrected chi connectivity index (χ0v) is 17.4. The summed E-state index contributed by atoms with van der Waals surface area (Å²) >= 11 is 1.57. The van der Waals surface area contributed by atoms with Crippen molar-refractivity contribution in [1.29, 1.82) is 0 Å². The Bertz CT molecular complexity index is 1080. The summed E-state index contributed by atoms with van der Waals surface area (Å²) in [5.41, 5.74) is 4.79. The van der Waals surface area contributed by atoms with Crippen LogP contribution in [0.2, 0.25) is 0 Å². The van der Waals surface area contributed by atoms with Crippen molar-refractivity contribution >= 4 is 32.2 Å². The summed E-state index contributed by atoms with van der Waals surface area (Å²) in [6.45, 7) is 2.71. The van der Waals surface area contributed by atoms with Crippen molar-refractivity contribution in [3.8, 4) is 11.3 Å². The van der Waals surface area contributed by atoms with Crippen molar-refractivity contribution in [2.24, 2.45) is 0 Å². The molecule has 0 radical (unpaired) electrons. The molecule has 0 spiro atoms. The van der Waals surface area contributed by atoms with Crippen molar-refractivity contribution in [3.05, 3.63) is 59.2 Å². The van der Waals surface area contributed by atoms with Crippen LogP contribution in [-0.2, 0) is 22.9 Å². The number of anilines is 2. The molecule has 0 amide bonds. The zero-order valence-electron chi connectivity index (χ0n) is 15.8.